The van der Waals surface area contributed by atoms with E-state index in [-0.39, 0.29) is 22.0 Å². The van der Waals surface area contributed by atoms with Gasteiger partial charge in [0.1, 0.15) is 10.7 Å². The van der Waals surface area contributed by atoms with Crippen molar-refractivity contribution in [3.63, 3.8) is 0 Å². The molecule has 2 N–H and O–H groups in total. The van der Waals surface area contributed by atoms with Crippen molar-refractivity contribution in [2.24, 2.45) is 5.41 Å². The van der Waals surface area contributed by atoms with Crippen LogP contribution < -0.4 is 5.73 Å². The van der Waals surface area contributed by atoms with Gasteiger partial charge in [-0.25, -0.2) is 12.8 Å². The summed E-state index contributed by atoms with van der Waals surface area (Å²) in [5.41, 5.74) is 6.06. The molecule has 0 amide bonds. The second-order valence-corrected chi connectivity index (χ2v) is 8.56. The van der Waals surface area contributed by atoms with Crippen LogP contribution in [0.15, 0.2) is 23.1 Å². The van der Waals surface area contributed by atoms with Gasteiger partial charge in [-0.3, -0.25) is 0 Å². The molecule has 0 radical (unpaired) electrons. The first-order valence-electron chi connectivity index (χ1n) is 7.16. The topological polar surface area (TPSA) is 63.4 Å². The molecule has 0 unspecified atom stereocenters. The summed E-state index contributed by atoms with van der Waals surface area (Å²) in [5.74, 6) is -0.596. The lowest BCUT2D eigenvalue weighted by Crippen LogP contribution is -2.41. The SMILES string of the molecule is CN(C1CCC(C)(C)CC1)S(=O)(=O)c1cc(F)ccc1N. The third kappa shape index (κ3) is 3.37. The number of nitrogens with zero attached hydrogens (tertiary/aromatic N) is 1. The molecule has 21 heavy (non-hydrogen) atoms. The van der Waals surface area contributed by atoms with Crippen LogP contribution in [0.1, 0.15) is 39.5 Å². The van der Waals surface area contributed by atoms with Gasteiger partial charge in [0.05, 0.1) is 5.69 Å². The van der Waals surface area contributed by atoms with Gasteiger partial charge in [0.15, 0.2) is 0 Å². The molecular formula is C15H23FN2O2S. The Morgan fingerprint density at radius 2 is 1.86 bits per heavy atom. The Labute approximate surface area is 126 Å². The van der Waals surface area contributed by atoms with Gasteiger partial charge in [-0.1, -0.05) is 13.8 Å². The standard InChI is InChI=1S/C15H23FN2O2S/c1-15(2)8-6-12(7-9-15)18(3)21(19,20)14-10-11(16)4-5-13(14)17/h4-5,10,12H,6-9,17H2,1-3H3. The average molecular weight is 314 g/mol. The molecule has 0 heterocycles. The molecule has 1 aliphatic carbocycles. The number of hydrogen-bond donors (Lipinski definition) is 1. The first kappa shape index (κ1) is 16.2. The summed E-state index contributed by atoms with van der Waals surface area (Å²) in [5, 5.41) is 0. The Kier molecular flexibility index (Phi) is 4.31. The number of rotatable bonds is 3. The Hall–Kier alpha value is -1.14. The number of anilines is 1. The summed E-state index contributed by atoms with van der Waals surface area (Å²) in [6.45, 7) is 4.39. The number of nitrogens with two attached hydrogens (primary N) is 1. The highest BCUT2D eigenvalue weighted by atomic mass is 32.2. The molecule has 0 saturated heterocycles. The lowest BCUT2D eigenvalue weighted by atomic mass is 9.76. The van der Waals surface area contributed by atoms with Crippen LogP contribution >= 0.6 is 0 Å². The van der Waals surface area contributed by atoms with Gasteiger partial charge >= 0.3 is 0 Å². The smallest absolute Gasteiger partial charge is 0.245 e. The lowest BCUT2D eigenvalue weighted by molar-refractivity contribution is 0.174. The Balaban J connectivity index is 2.25. The maximum Gasteiger partial charge on any atom is 0.245 e. The molecule has 1 aromatic rings. The van der Waals surface area contributed by atoms with Crippen molar-refractivity contribution >= 4 is 15.7 Å². The average Bonchev–Trinajstić information content (AvgIpc) is 2.40. The highest BCUT2D eigenvalue weighted by molar-refractivity contribution is 7.89. The van der Waals surface area contributed by atoms with Crippen LogP contribution in [0, 0.1) is 11.2 Å². The largest absolute Gasteiger partial charge is 0.398 e. The minimum atomic E-state index is -3.76. The molecule has 0 bridgehead atoms. The third-order valence-corrected chi connectivity index (χ3v) is 6.42. The Morgan fingerprint density at radius 1 is 1.29 bits per heavy atom. The van der Waals surface area contributed by atoms with Gasteiger partial charge in [-0.15, -0.1) is 0 Å². The van der Waals surface area contributed by atoms with Crippen molar-refractivity contribution in [3.8, 4) is 0 Å². The van der Waals surface area contributed by atoms with Gasteiger partial charge in [-0.05, 0) is 49.3 Å². The fraction of sp³-hybridized carbons (Fsp3) is 0.600. The summed E-state index contributed by atoms with van der Waals surface area (Å²) >= 11 is 0. The molecule has 4 nitrogen and oxygen atoms in total. The molecule has 118 valence electrons. The molecule has 0 spiro atoms. The minimum Gasteiger partial charge on any atom is -0.398 e. The molecule has 1 aromatic carbocycles. The van der Waals surface area contributed by atoms with Gasteiger partial charge in [0, 0.05) is 13.1 Å². The molecular weight excluding hydrogens is 291 g/mol. The fourth-order valence-corrected chi connectivity index (χ4v) is 4.37. The van der Waals surface area contributed by atoms with Crippen molar-refractivity contribution in [2.75, 3.05) is 12.8 Å². The zero-order valence-corrected chi connectivity index (χ0v) is 13.6. The molecule has 0 atom stereocenters. The van der Waals surface area contributed by atoms with Crippen LogP contribution in [-0.2, 0) is 10.0 Å². The number of benzene rings is 1. The van der Waals surface area contributed by atoms with Gasteiger partial charge < -0.3 is 5.73 Å². The van der Waals surface area contributed by atoms with E-state index in [0.29, 0.717) is 0 Å². The fourth-order valence-electron chi connectivity index (χ4n) is 2.83. The normalized spacial score (nSPS) is 19.9. The van der Waals surface area contributed by atoms with Crippen molar-refractivity contribution in [3.05, 3.63) is 24.0 Å². The molecule has 2 rings (SSSR count). The van der Waals surface area contributed by atoms with E-state index in [1.54, 1.807) is 7.05 Å². The molecule has 0 aliphatic heterocycles. The molecule has 6 heteroatoms. The Morgan fingerprint density at radius 3 is 2.43 bits per heavy atom. The second kappa shape index (κ2) is 5.57. The lowest BCUT2D eigenvalue weighted by Gasteiger charge is -2.38. The number of sulfonamides is 1. The van der Waals surface area contributed by atoms with Gasteiger partial charge in [0.25, 0.3) is 0 Å². The molecule has 1 fully saturated rings. The third-order valence-electron chi connectivity index (χ3n) is 4.46. The van der Waals surface area contributed by atoms with Crippen molar-refractivity contribution in [1.82, 2.24) is 4.31 Å². The van der Waals surface area contributed by atoms with Crippen LogP contribution in [-0.4, -0.2) is 25.8 Å². The van der Waals surface area contributed by atoms with E-state index in [1.165, 1.54) is 10.4 Å². The van der Waals surface area contributed by atoms with Gasteiger partial charge in [-0.2, -0.15) is 4.31 Å². The molecule has 1 aliphatic rings. The summed E-state index contributed by atoms with van der Waals surface area (Å²) in [6, 6.07) is 3.40. The van der Waals surface area contributed by atoms with Crippen molar-refractivity contribution < 1.29 is 12.8 Å². The summed E-state index contributed by atoms with van der Waals surface area (Å²) < 4.78 is 40.0. The Bertz CT molecular complexity index is 619. The molecule has 0 aromatic heterocycles. The van der Waals surface area contributed by atoms with E-state index < -0.39 is 15.8 Å². The van der Waals surface area contributed by atoms with Crippen molar-refractivity contribution in [2.45, 2.75) is 50.5 Å². The second-order valence-electron chi connectivity index (χ2n) is 6.60. The quantitative estimate of drug-likeness (QED) is 0.872. The highest BCUT2D eigenvalue weighted by Crippen LogP contribution is 2.38. The van der Waals surface area contributed by atoms with E-state index >= 15 is 0 Å². The first-order valence-corrected chi connectivity index (χ1v) is 8.60. The predicted octanol–water partition coefficient (Wildman–Crippen LogP) is 3.00. The number of halogens is 1. The van der Waals surface area contributed by atoms with Gasteiger partial charge in [0.2, 0.25) is 10.0 Å². The summed E-state index contributed by atoms with van der Waals surface area (Å²) in [4.78, 5) is -0.144. The van der Waals surface area contributed by atoms with E-state index in [4.69, 9.17) is 5.73 Å². The maximum atomic E-state index is 13.3. The van der Waals surface area contributed by atoms with Crippen LogP contribution in [0.25, 0.3) is 0 Å². The van der Waals surface area contributed by atoms with E-state index in [9.17, 15) is 12.8 Å². The van der Waals surface area contributed by atoms with Crippen LogP contribution in [0.3, 0.4) is 0 Å². The number of hydrogen-bond acceptors (Lipinski definition) is 3. The summed E-state index contributed by atoms with van der Waals surface area (Å²) in [6.07, 6.45) is 3.60. The molecule has 1 saturated carbocycles. The minimum absolute atomic E-state index is 0.0503. The van der Waals surface area contributed by atoms with Crippen LogP contribution in [0.2, 0.25) is 0 Å². The first-order chi connectivity index (χ1) is 9.63. The van der Waals surface area contributed by atoms with E-state index in [2.05, 4.69) is 13.8 Å². The predicted molar refractivity (Wildman–Crippen MR) is 81.8 cm³/mol. The van der Waals surface area contributed by atoms with Crippen LogP contribution in [0.4, 0.5) is 10.1 Å². The van der Waals surface area contributed by atoms with E-state index in [0.717, 1.165) is 37.8 Å². The number of nitrogen functional groups attached to an aromatic ring is 1. The highest BCUT2D eigenvalue weighted by Gasteiger charge is 2.34. The summed E-state index contributed by atoms with van der Waals surface area (Å²) in [7, 11) is -2.20. The monoisotopic (exact) mass is 314 g/mol. The van der Waals surface area contributed by atoms with Crippen molar-refractivity contribution in [1.29, 1.82) is 0 Å². The zero-order valence-electron chi connectivity index (χ0n) is 12.8. The van der Waals surface area contributed by atoms with Crippen LogP contribution in [0.5, 0.6) is 0 Å². The zero-order chi connectivity index (χ0) is 15.8. The maximum absolute atomic E-state index is 13.3. The van der Waals surface area contributed by atoms with E-state index in [1.807, 2.05) is 0 Å².